The van der Waals surface area contributed by atoms with Crippen LogP contribution in [0, 0.1) is 22.7 Å². The van der Waals surface area contributed by atoms with Crippen LogP contribution in [0.1, 0.15) is 59.3 Å². The Bertz CT molecular complexity index is 313. The number of amides is 1. The summed E-state index contributed by atoms with van der Waals surface area (Å²) in [5.41, 5.74) is -0.721. The molecule has 0 aromatic carbocycles. The van der Waals surface area contributed by atoms with Gasteiger partial charge in [0.15, 0.2) is 0 Å². The first-order chi connectivity index (χ1) is 8.59. The summed E-state index contributed by atoms with van der Waals surface area (Å²) in [7, 11) is 0. The SMILES string of the molecule is CCC(C)CN(CC)C(=O)C1(C#N)CCCCC1. The molecule has 1 rings (SSSR count). The van der Waals surface area contributed by atoms with Crippen molar-refractivity contribution in [3.8, 4) is 6.07 Å². The van der Waals surface area contributed by atoms with E-state index in [2.05, 4.69) is 19.9 Å². The Kier molecular flexibility index (Phi) is 5.65. The molecule has 0 aromatic rings. The maximum Gasteiger partial charge on any atom is 0.243 e. The van der Waals surface area contributed by atoms with Gasteiger partial charge in [-0.1, -0.05) is 39.5 Å². The second-order valence-corrected chi connectivity index (χ2v) is 5.61. The van der Waals surface area contributed by atoms with Crippen molar-refractivity contribution in [2.75, 3.05) is 13.1 Å². The van der Waals surface area contributed by atoms with Crippen molar-refractivity contribution >= 4 is 5.91 Å². The zero-order chi connectivity index (χ0) is 13.6. The van der Waals surface area contributed by atoms with E-state index >= 15 is 0 Å². The van der Waals surface area contributed by atoms with Gasteiger partial charge in [-0.15, -0.1) is 0 Å². The molecule has 1 aliphatic rings. The third-order valence-corrected chi connectivity index (χ3v) is 4.23. The Morgan fingerprint density at radius 2 is 1.94 bits per heavy atom. The van der Waals surface area contributed by atoms with E-state index in [0.29, 0.717) is 12.5 Å². The third kappa shape index (κ3) is 3.25. The van der Waals surface area contributed by atoms with Crippen LogP contribution in [-0.4, -0.2) is 23.9 Å². The van der Waals surface area contributed by atoms with Crippen LogP contribution >= 0.6 is 0 Å². The van der Waals surface area contributed by atoms with Crippen LogP contribution in [0.3, 0.4) is 0 Å². The largest absolute Gasteiger partial charge is 0.341 e. The van der Waals surface area contributed by atoms with E-state index in [1.807, 2.05) is 11.8 Å². The monoisotopic (exact) mass is 250 g/mol. The quantitative estimate of drug-likeness (QED) is 0.751. The second kappa shape index (κ2) is 6.78. The maximum absolute atomic E-state index is 12.6. The average Bonchev–Trinajstić information content (AvgIpc) is 2.44. The second-order valence-electron chi connectivity index (χ2n) is 5.61. The molecule has 1 amide bonds. The Balaban J connectivity index is 2.78. The van der Waals surface area contributed by atoms with Gasteiger partial charge in [-0.25, -0.2) is 0 Å². The molecule has 1 aliphatic carbocycles. The minimum atomic E-state index is -0.721. The molecule has 102 valence electrons. The molecule has 1 saturated carbocycles. The smallest absolute Gasteiger partial charge is 0.243 e. The van der Waals surface area contributed by atoms with Gasteiger partial charge in [0.1, 0.15) is 5.41 Å². The molecule has 1 unspecified atom stereocenters. The third-order valence-electron chi connectivity index (χ3n) is 4.23. The Hall–Kier alpha value is -1.04. The number of carbonyl (C=O) groups is 1. The van der Waals surface area contributed by atoms with Gasteiger partial charge in [-0.2, -0.15) is 5.26 Å². The highest BCUT2D eigenvalue weighted by atomic mass is 16.2. The highest BCUT2D eigenvalue weighted by Crippen LogP contribution is 2.37. The first kappa shape index (κ1) is 15.0. The van der Waals surface area contributed by atoms with Gasteiger partial charge >= 0.3 is 0 Å². The molecule has 18 heavy (non-hydrogen) atoms. The van der Waals surface area contributed by atoms with E-state index in [1.54, 1.807) is 0 Å². The van der Waals surface area contributed by atoms with E-state index < -0.39 is 5.41 Å². The highest BCUT2D eigenvalue weighted by Gasteiger charge is 2.42. The van der Waals surface area contributed by atoms with Gasteiger partial charge in [0, 0.05) is 13.1 Å². The summed E-state index contributed by atoms with van der Waals surface area (Å²) in [6, 6.07) is 2.33. The molecular formula is C15H26N2O. The lowest BCUT2D eigenvalue weighted by atomic mass is 9.74. The molecule has 0 spiro atoms. The van der Waals surface area contributed by atoms with Crippen molar-refractivity contribution in [1.82, 2.24) is 4.90 Å². The summed E-state index contributed by atoms with van der Waals surface area (Å²) in [5.74, 6) is 0.584. The normalized spacial score (nSPS) is 19.9. The van der Waals surface area contributed by atoms with Crippen molar-refractivity contribution in [3.05, 3.63) is 0 Å². The first-order valence-corrected chi connectivity index (χ1v) is 7.30. The predicted octanol–water partition coefficient (Wildman–Crippen LogP) is 3.36. The lowest BCUT2D eigenvalue weighted by Gasteiger charge is -2.35. The zero-order valence-electron chi connectivity index (χ0n) is 12.0. The van der Waals surface area contributed by atoms with Gasteiger partial charge in [0.2, 0.25) is 5.91 Å². The van der Waals surface area contributed by atoms with Crippen LogP contribution in [0.2, 0.25) is 0 Å². The summed E-state index contributed by atoms with van der Waals surface area (Å²) in [6.07, 6.45) is 5.76. The molecule has 0 N–H and O–H groups in total. The molecule has 3 nitrogen and oxygen atoms in total. The molecule has 0 heterocycles. The average molecular weight is 250 g/mol. The molecule has 3 heteroatoms. The van der Waals surface area contributed by atoms with Crippen molar-refractivity contribution in [2.24, 2.45) is 11.3 Å². The molecule has 0 radical (unpaired) electrons. The number of rotatable bonds is 5. The summed E-state index contributed by atoms with van der Waals surface area (Å²) >= 11 is 0. The van der Waals surface area contributed by atoms with Crippen LogP contribution in [0.4, 0.5) is 0 Å². The van der Waals surface area contributed by atoms with E-state index in [0.717, 1.165) is 45.1 Å². The fourth-order valence-electron chi connectivity index (χ4n) is 2.69. The number of nitrogens with zero attached hydrogens (tertiary/aromatic N) is 2. The van der Waals surface area contributed by atoms with E-state index in [4.69, 9.17) is 0 Å². The molecule has 0 saturated heterocycles. The topological polar surface area (TPSA) is 44.1 Å². The molecule has 1 fully saturated rings. The standard InChI is InChI=1S/C15H26N2O/c1-4-13(3)11-17(5-2)14(18)15(12-16)9-7-6-8-10-15/h13H,4-11H2,1-3H3. The predicted molar refractivity (Wildman–Crippen MR) is 72.8 cm³/mol. The van der Waals surface area contributed by atoms with Crippen molar-refractivity contribution < 1.29 is 4.79 Å². The minimum Gasteiger partial charge on any atom is -0.341 e. The summed E-state index contributed by atoms with van der Waals surface area (Å²) in [6.45, 7) is 7.82. The molecule has 0 bridgehead atoms. The summed E-state index contributed by atoms with van der Waals surface area (Å²) in [5, 5.41) is 9.45. The van der Waals surface area contributed by atoms with Gasteiger partial charge in [-0.3, -0.25) is 4.79 Å². The van der Waals surface area contributed by atoms with Gasteiger partial charge in [-0.05, 0) is 25.7 Å². The number of nitriles is 1. The van der Waals surface area contributed by atoms with E-state index in [1.165, 1.54) is 0 Å². The minimum absolute atomic E-state index is 0.0764. The summed E-state index contributed by atoms with van der Waals surface area (Å²) in [4.78, 5) is 14.5. The number of hydrogen-bond acceptors (Lipinski definition) is 2. The van der Waals surface area contributed by atoms with Gasteiger partial charge < -0.3 is 4.90 Å². The molecule has 0 aromatic heterocycles. The van der Waals surface area contributed by atoms with Crippen molar-refractivity contribution in [2.45, 2.75) is 59.3 Å². The lowest BCUT2D eigenvalue weighted by Crippen LogP contribution is -2.45. The number of carbonyl (C=O) groups excluding carboxylic acids is 1. The Morgan fingerprint density at radius 1 is 1.33 bits per heavy atom. The van der Waals surface area contributed by atoms with Crippen molar-refractivity contribution in [1.29, 1.82) is 5.26 Å². The molecular weight excluding hydrogens is 224 g/mol. The van der Waals surface area contributed by atoms with Crippen LogP contribution < -0.4 is 0 Å². The zero-order valence-corrected chi connectivity index (χ0v) is 12.0. The van der Waals surface area contributed by atoms with Crippen LogP contribution in [0.5, 0.6) is 0 Å². The van der Waals surface area contributed by atoms with Gasteiger partial charge in [0.05, 0.1) is 6.07 Å². The van der Waals surface area contributed by atoms with Gasteiger partial charge in [0.25, 0.3) is 0 Å². The van der Waals surface area contributed by atoms with Crippen LogP contribution in [0.15, 0.2) is 0 Å². The Labute approximate surface area is 111 Å². The van der Waals surface area contributed by atoms with Crippen molar-refractivity contribution in [3.63, 3.8) is 0 Å². The number of hydrogen-bond donors (Lipinski definition) is 0. The maximum atomic E-state index is 12.6. The fraction of sp³-hybridized carbons (Fsp3) is 0.867. The van der Waals surface area contributed by atoms with E-state index in [-0.39, 0.29) is 5.91 Å². The lowest BCUT2D eigenvalue weighted by molar-refractivity contribution is -0.141. The fourth-order valence-corrected chi connectivity index (χ4v) is 2.69. The first-order valence-electron chi connectivity index (χ1n) is 7.30. The molecule has 0 aliphatic heterocycles. The van der Waals surface area contributed by atoms with E-state index in [9.17, 15) is 10.1 Å². The molecule has 1 atom stereocenters. The Morgan fingerprint density at radius 3 is 2.39 bits per heavy atom. The summed E-state index contributed by atoms with van der Waals surface area (Å²) < 4.78 is 0. The van der Waals surface area contributed by atoms with Crippen LogP contribution in [0.25, 0.3) is 0 Å². The van der Waals surface area contributed by atoms with Crippen LogP contribution in [-0.2, 0) is 4.79 Å². The highest BCUT2D eigenvalue weighted by molar-refractivity contribution is 5.85.